The molecule has 0 radical (unpaired) electrons. The summed E-state index contributed by atoms with van der Waals surface area (Å²) >= 11 is 0. The Morgan fingerprint density at radius 2 is 1.57 bits per heavy atom. The van der Waals surface area contributed by atoms with Crippen molar-refractivity contribution >= 4 is 15.4 Å². The molecule has 0 saturated heterocycles. The number of rotatable bonds is 0. The van der Waals surface area contributed by atoms with Crippen molar-refractivity contribution in [1.82, 2.24) is 0 Å². The average molecular weight is 212 g/mol. The average Bonchev–Trinajstić information content (AvgIpc) is 2.06. The van der Waals surface area contributed by atoms with Crippen LogP contribution in [-0.4, -0.2) is 25.6 Å². The van der Waals surface area contributed by atoms with Gasteiger partial charge >= 0.3 is 0 Å². The summed E-state index contributed by atoms with van der Waals surface area (Å²) in [6, 6.07) is 1.42. The number of benzene rings is 1. The van der Waals surface area contributed by atoms with E-state index in [-0.39, 0.29) is 22.7 Å². The van der Waals surface area contributed by atoms with Gasteiger partial charge in [-0.05, 0) is 11.5 Å². The molecule has 0 unspecified atom stereocenters. The SMILES string of the molecule is CC(C)(C)c1cc(O)c(O)c([SiH3])c1O. The van der Waals surface area contributed by atoms with Gasteiger partial charge in [-0.25, -0.2) is 0 Å². The van der Waals surface area contributed by atoms with E-state index in [0.29, 0.717) is 21.0 Å². The zero-order chi connectivity index (χ0) is 11.1. The number of hydrogen-bond acceptors (Lipinski definition) is 3. The van der Waals surface area contributed by atoms with E-state index in [1.54, 1.807) is 0 Å². The van der Waals surface area contributed by atoms with Gasteiger partial charge in [0.15, 0.2) is 11.5 Å². The number of hydrogen-bond donors (Lipinski definition) is 3. The predicted octanol–water partition coefficient (Wildman–Crippen LogP) is 0.0916. The van der Waals surface area contributed by atoms with Crippen LogP contribution in [0.15, 0.2) is 6.07 Å². The molecule has 1 aromatic rings. The lowest BCUT2D eigenvalue weighted by atomic mass is 9.86. The van der Waals surface area contributed by atoms with E-state index < -0.39 is 0 Å². The Hall–Kier alpha value is -1.16. The van der Waals surface area contributed by atoms with Crippen LogP contribution in [0.3, 0.4) is 0 Å². The summed E-state index contributed by atoms with van der Waals surface area (Å²) in [5.41, 5.74) is 0.423. The lowest BCUT2D eigenvalue weighted by Gasteiger charge is -2.22. The first kappa shape index (κ1) is 10.9. The molecule has 78 valence electrons. The van der Waals surface area contributed by atoms with Gasteiger partial charge in [-0.3, -0.25) is 0 Å². The minimum absolute atomic E-state index is 0.111. The first-order chi connectivity index (χ1) is 6.25. The molecule has 0 aromatic heterocycles. The molecule has 3 N–H and O–H groups in total. The molecule has 0 aliphatic heterocycles. The summed E-state index contributed by atoms with van der Waals surface area (Å²) in [5, 5.41) is 29.1. The Morgan fingerprint density at radius 1 is 1.07 bits per heavy atom. The van der Waals surface area contributed by atoms with Crippen LogP contribution in [0.2, 0.25) is 0 Å². The Bertz CT molecular complexity index is 367. The van der Waals surface area contributed by atoms with Crippen LogP contribution in [0, 0.1) is 0 Å². The zero-order valence-electron chi connectivity index (χ0n) is 8.92. The third-order valence-corrected chi connectivity index (χ3v) is 3.24. The maximum Gasteiger partial charge on any atom is 0.159 e. The summed E-state index contributed by atoms with van der Waals surface area (Å²) in [6.45, 7) is 5.83. The largest absolute Gasteiger partial charge is 0.508 e. The van der Waals surface area contributed by atoms with Crippen molar-refractivity contribution in [3.05, 3.63) is 11.6 Å². The molecule has 0 amide bonds. The van der Waals surface area contributed by atoms with Crippen molar-refractivity contribution in [3.63, 3.8) is 0 Å². The molecule has 3 nitrogen and oxygen atoms in total. The van der Waals surface area contributed by atoms with Crippen molar-refractivity contribution in [2.45, 2.75) is 26.2 Å². The van der Waals surface area contributed by atoms with Crippen LogP contribution in [0.1, 0.15) is 26.3 Å². The molecule has 0 aliphatic rings. The van der Waals surface area contributed by atoms with Gasteiger partial charge in [0, 0.05) is 21.0 Å². The van der Waals surface area contributed by atoms with Crippen molar-refractivity contribution in [2.24, 2.45) is 0 Å². The van der Waals surface area contributed by atoms with Crippen molar-refractivity contribution in [1.29, 1.82) is 0 Å². The smallest absolute Gasteiger partial charge is 0.159 e. The molecule has 1 aromatic carbocycles. The summed E-state index contributed by atoms with van der Waals surface area (Å²) in [7, 11) is 0.499. The van der Waals surface area contributed by atoms with Gasteiger partial charge < -0.3 is 15.3 Å². The minimum atomic E-state index is -0.242. The number of phenols is 3. The highest BCUT2D eigenvalue weighted by atomic mass is 28.1. The topological polar surface area (TPSA) is 60.7 Å². The fraction of sp³-hybridized carbons (Fsp3) is 0.400. The van der Waals surface area contributed by atoms with Crippen LogP contribution in [0.25, 0.3) is 0 Å². The van der Waals surface area contributed by atoms with E-state index in [4.69, 9.17) is 0 Å². The fourth-order valence-electron chi connectivity index (χ4n) is 1.35. The molecule has 4 heteroatoms. The second-order valence-corrected chi connectivity index (χ2v) is 5.52. The van der Waals surface area contributed by atoms with E-state index in [0.717, 1.165) is 0 Å². The number of aromatic hydroxyl groups is 3. The molecular weight excluding hydrogens is 196 g/mol. The molecule has 0 bridgehead atoms. The third-order valence-electron chi connectivity index (χ3n) is 2.30. The quantitative estimate of drug-likeness (QED) is 0.324. The standard InChI is InChI=1S/C10H16O3Si/c1-10(2,3)5-4-6(11)8(13)9(14)7(5)12/h4,11-13H,1-3,14H3. The van der Waals surface area contributed by atoms with Crippen LogP contribution in [-0.2, 0) is 5.41 Å². The normalized spacial score (nSPS) is 11.9. The third kappa shape index (κ3) is 1.70. The van der Waals surface area contributed by atoms with Gasteiger partial charge in [-0.15, -0.1) is 0 Å². The first-order valence-electron chi connectivity index (χ1n) is 4.50. The molecule has 0 fully saturated rings. The summed E-state index contributed by atoms with van der Waals surface area (Å²) in [5.74, 6) is -0.237. The van der Waals surface area contributed by atoms with Crippen LogP contribution >= 0.6 is 0 Å². The van der Waals surface area contributed by atoms with Crippen molar-refractivity contribution in [2.75, 3.05) is 0 Å². The molecule has 0 heterocycles. The predicted molar refractivity (Wildman–Crippen MR) is 59.7 cm³/mol. The van der Waals surface area contributed by atoms with Gasteiger partial charge in [-0.1, -0.05) is 20.8 Å². The summed E-state index contributed by atoms with van der Waals surface area (Å²) in [6.07, 6.45) is 0. The highest BCUT2D eigenvalue weighted by Crippen LogP contribution is 2.36. The summed E-state index contributed by atoms with van der Waals surface area (Å²) in [4.78, 5) is 0. The van der Waals surface area contributed by atoms with E-state index in [2.05, 4.69) is 0 Å². The Labute approximate surface area is 86.4 Å². The van der Waals surface area contributed by atoms with E-state index in [1.807, 2.05) is 20.8 Å². The van der Waals surface area contributed by atoms with Crippen molar-refractivity contribution in [3.8, 4) is 17.2 Å². The fourth-order valence-corrected chi connectivity index (χ4v) is 1.88. The highest BCUT2D eigenvalue weighted by molar-refractivity contribution is 6.36. The van der Waals surface area contributed by atoms with Crippen LogP contribution in [0.5, 0.6) is 17.2 Å². The van der Waals surface area contributed by atoms with Crippen molar-refractivity contribution < 1.29 is 15.3 Å². The second kappa shape index (κ2) is 3.20. The second-order valence-electron chi connectivity index (χ2n) is 4.52. The van der Waals surface area contributed by atoms with Gasteiger partial charge in [-0.2, -0.15) is 0 Å². The van der Waals surface area contributed by atoms with Crippen LogP contribution < -0.4 is 5.19 Å². The molecule has 0 saturated carbocycles. The Kier molecular flexibility index (Phi) is 2.50. The maximum absolute atomic E-state index is 9.80. The molecule has 0 spiro atoms. The molecule has 14 heavy (non-hydrogen) atoms. The monoisotopic (exact) mass is 212 g/mol. The van der Waals surface area contributed by atoms with E-state index in [1.165, 1.54) is 6.07 Å². The highest BCUT2D eigenvalue weighted by Gasteiger charge is 2.22. The first-order valence-corrected chi connectivity index (χ1v) is 5.50. The Balaban J connectivity index is 3.49. The van der Waals surface area contributed by atoms with E-state index >= 15 is 0 Å². The number of phenolic OH excluding ortho intramolecular Hbond substituents is 3. The molecule has 0 atom stereocenters. The minimum Gasteiger partial charge on any atom is -0.508 e. The zero-order valence-corrected chi connectivity index (χ0v) is 10.9. The van der Waals surface area contributed by atoms with Gasteiger partial charge in [0.25, 0.3) is 0 Å². The molecule has 0 aliphatic carbocycles. The molecule has 1 rings (SSSR count). The van der Waals surface area contributed by atoms with Gasteiger partial charge in [0.05, 0.1) is 0 Å². The van der Waals surface area contributed by atoms with Gasteiger partial charge in [0.1, 0.15) is 5.75 Å². The maximum atomic E-state index is 9.80. The lowest BCUT2D eigenvalue weighted by molar-refractivity contribution is 0.394. The Morgan fingerprint density at radius 3 is 2.00 bits per heavy atom. The lowest BCUT2D eigenvalue weighted by Crippen LogP contribution is -2.16. The van der Waals surface area contributed by atoms with E-state index in [9.17, 15) is 15.3 Å². The summed E-state index contributed by atoms with van der Waals surface area (Å²) < 4.78 is 0. The molecular formula is C10H16O3Si. The van der Waals surface area contributed by atoms with Gasteiger partial charge in [0.2, 0.25) is 0 Å². The van der Waals surface area contributed by atoms with Crippen LogP contribution in [0.4, 0.5) is 0 Å².